The molecule has 0 aromatic carbocycles. The molecule has 134 valence electrons. The lowest BCUT2D eigenvalue weighted by atomic mass is 10.0. The number of allylic oxidation sites excluding steroid dienone is 4. The molecule has 1 fully saturated rings. The monoisotopic (exact) mass is 340 g/mol. The fourth-order valence-corrected chi connectivity index (χ4v) is 3.15. The van der Waals surface area contributed by atoms with Crippen LogP contribution in [0.15, 0.2) is 22.4 Å². The third-order valence-electron chi connectivity index (χ3n) is 4.61. The summed E-state index contributed by atoms with van der Waals surface area (Å²) in [7, 11) is 1.97. The Bertz CT molecular complexity index is 610. The number of likely N-dealkylation sites (tertiary alicyclic amines) is 1. The van der Waals surface area contributed by atoms with Crippen molar-refractivity contribution >= 4 is 0 Å². The molecule has 0 bridgehead atoms. The van der Waals surface area contributed by atoms with E-state index in [9.17, 15) is 5.26 Å². The van der Waals surface area contributed by atoms with E-state index in [1.807, 2.05) is 26.1 Å². The van der Waals surface area contributed by atoms with Gasteiger partial charge in [0.1, 0.15) is 23.8 Å². The minimum atomic E-state index is 0.00383. The smallest absolute Gasteiger partial charge is 0.133 e. The summed E-state index contributed by atoms with van der Waals surface area (Å²) in [5, 5.41) is 34.4. The molecular formula is C19H28N6. The molecule has 0 saturated carbocycles. The van der Waals surface area contributed by atoms with Crippen molar-refractivity contribution in [3.8, 4) is 18.2 Å². The molecule has 1 unspecified atom stereocenters. The van der Waals surface area contributed by atoms with Crippen LogP contribution in [0.2, 0.25) is 0 Å². The molecule has 2 N–H and O–H groups in total. The maximum absolute atomic E-state index is 9.54. The molecule has 1 heterocycles. The second-order valence-electron chi connectivity index (χ2n) is 6.27. The van der Waals surface area contributed by atoms with Crippen LogP contribution in [0.1, 0.15) is 46.0 Å². The SMILES string of the molecule is CNCCCCCNC1CCCN1/C(C)=C(\C#N)C(C)=C(C#N)C#N. The van der Waals surface area contributed by atoms with E-state index in [1.54, 1.807) is 6.92 Å². The fourth-order valence-electron chi connectivity index (χ4n) is 3.15. The number of hydrogen-bond acceptors (Lipinski definition) is 6. The Morgan fingerprint density at radius 2 is 1.72 bits per heavy atom. The second-order valence-corrected chi connectivity index (χ2v) is 6.27. The van der Waals surface area contributed by atoms with Crippen LogP contribution in [0.25, 0.3) is 0 Å². The molecule has 0 aliphatic carbocycles. The van der Waals surface area contributed by atoms with E-state index < -0.39 is 0 Å². The molecular weight excluding hydrogens is 312 g/mol. The van der Waals surface area contributed by atoms with Crippen molar-refractivity contribution in [1.82, 2.24) is 15.5 Å². The molecule has 25 heavy (non-hydrogen) atoms. The third-order valence-corrected chi connectivity index (χ3v) is 4.61. The molecule has 0 radical (unpaired) electrons. The molecule has 0 aromatic heterocycles. The molecule has 0 aromatic rings. The van der Waals surface area contributed by atoms with E-state index in [1.165, 1.54) is 12.8 Å². The summed E-state index contributed by atoms with van der Waals surface area (Å²) < 4.78 is 0. The Morgan fingerprint density at radius 3 is 2.32 bits per heavy atom. The first kappa shape index (κ1) is 20.7. The van der Waals surface area contributed by atoms with Gasteiger partial charge in [0, 0.05) is 12.2 Å². The van der Waals surface area contributed by atoms with Crippen molar-refractivity contribution in [1.29, 1.82) is 15.8 Å². The first-order valence-corrected chi connectivity index (χ1v) is 8.87. The Kier molecular flexibility index (Phi) is 9.33. The molecule has 1 rings (SSSR count). The van der Waals surface area contributed by atoms with E-state index in [4.69, 9.17) is 10.5 Å². The summed E-state index contributed by atoms with van der Waals surface area (Å²) in [6.07, 6.45) is 5.82. The van der Waals surface area contributed by atoms with Crippen LogP contribution < -0.4 is 10.6 Å². The van der Waals surface area contributed by atoms with Crippen molar-refractivity contribution in [2.45, 2.75) is 52.1 Å². The van der Waals surface area contributed by atoms with E-state index in [2.05, 4.69) is 21.6 Å². The zero-order valence-electron chi connectivity index (χ0n) is 15.5. The standard InChI is InChI=1S/C19H28N6/c1-15(17(12-20)13-21)18(14-22)16(2)25-11-7-8-19(25)24-10-6-4-5-9-23-3/h19,23-24H,4-11H2,1-3H3/b18-16+. The highest BCUT2D eigenvalue weighted by atomic mass is 15.3. The number of nitriles is 3. The lowest BCUT2D eigenvalue weighted by molar-refractivity contribution is 0.271. The van der Waals surface area contributed by atoms with Gasteiger partial charge in [0.15, 0.2) is 0 Å². The molecule has 1 aliphatic rings. The largest absolute Gasteiger partial charge is 0.358 e. The third kappa shape index (κ3) is 5.91. The summed E-state index contributed by atoms with van der Waals surface area (Å²) >= 11 is 0. The van der Waals surface area contributed by atoms with Gasteiger partial charge in [-0.15, -0.1) is 0 Å². The zero-order valence-corrected chi connectivity index (χ0v) is 15.5. The van der Waals surface area contributed by atoms with E-state index in [0.29, 0.717) is 11.1 Å². The highest BCUT2D eigenvalue weighted by Gasteiger charge is 2.26. The minimum absolute atomic E-state index is 0.00383. The first-order chi connectivity index (χ1) is 12.1. The molecule has 6 heteroatoms. The summed E-state index contributed by atoms with van der Waals surface area (Å²) in [6.45, 7) is 6.47. The predicted octanol–water partition coefficient (Wildman–Crippen LogP) is 2.55. The summed E-state index contributed by atoms with van der Waals surface area (Å²) in [4.78, 5) is 2.20. The van der Waals surface area contributed by atoms with Crippen LogP contribution in [0.3, 0.4) is 0 Å². The van der Waals surface area contributed by atoms with E-state index in [0.717, 1.165) is 44.6 Å². The molecule has 0 spiro atoms. The van der Waals surface area contributed by atoms with Crippen LogP contribution >= 0.6 is 0 Å². The fraction of sp³-hybridized carbons (Fsp3) is 0.632. The summed E-state index contributed by atoms with van der Waals surface area (Å²) in [6, 6.07) is 5.93. The number of hydrogen-bond donors (Lipinski definition) is 2. The van der Waals surface area contributed by atoms with Gasteiger partial charge in [0.2, 0.25) is 0 Å². The Labute approximate surface area is 151 Å². The zero-order chi connectivity index (χ0) is 18.7. The number of unbranched alkanes of at least 4 members (excludes halogenated alkanes) is 2. The van der Waals surface area contributed by atoms with E-state index >= 15 is 0 Å². The van der Waals surface area contributed by atoms with Crippen LogP contribution in [0.4, 0.5) is 0 Å². The van der Waals surface area contributed by atoms with Crippen molar-refractivity contribution < 1.29 is 0 Å². The van der Waals surface area contributed by atoms with Crippen molar-refractivity contribution in [2.24, 2.45) is 0 Å². The van der Waals surface area contributed by atoms with Gasteiger partial charge in [-0.25, -0.2) is 0 Å². The topological polar surface area (TPSA) is 98.7 Å². The first-order valence-electron chi connectivity index (χ1n) is 8.87. The average molecular weight is 340 g/mol. The lowest BCUT2D eigenvalue weighted by Crippen LogP contribution is -2.41. The maximum atomic E-state index is 9.54. The highest BCUT2D eigenvalue weighted by Crippen LogP contribution is 2.26. The number of nitrogens with zero attached hydrogens (tertiary/aromatic N) is 4. The predicted molar refractivity (Wildman–Crippen MR) is 97.7 cm³/mol. The van der Waals surface area contributed by atoms with E-state index in [-0.39, 0.29) is 11.7 Å². The van der Waals surface area contributed by atoms with Crippen LogP contribution in [-0.4, -0.2) is 37.7 Å². The van der Waals surface area contributed by atoms with Gasteiger partial charge in [0.05, 0.1) is 11.7 Å². The lowest BCUT2D eigenvalue weighted by Gasteiger charge is -2.29. The molecule has 1 saturated heterocycles. The Balaban J connectivity index is 2.79. The quantitative estimate of drug-likeness (QED) is 0.380. The number of rotatable bonds is 9. The van der Waals surface area contributed by atoms with Gasteiger partial charge in [-0.1, -0.05) is 6.42 Å². The second kappa shape index (κ2) is 11.3. The molecule has 6 nitrogen and oxygen atoms in total. The van der Waals surface area contributed by atoms with Crippen LogP contribution in [0, 0.1) is 34.0 Å². The normalized spacial score (nSPS) is 17.3. The Morgan fingerprint density at radius 1 is 1.04 bits per heavy atom. The molecule has 0 amide bonds. The summed E-state index contributed by atoms with van der Waals surface area (Å²) in [5.74, 6) is 0. The van der Waals surface area contributed by atoms with Crippen molar-refractivity contribution in [3.05, 3.63) is 22.4 Å². The van der Waals surface area contributed by atoms with Crippen molar-refractivity contribution in [2.75, 3.05) is 26.7 Å². The van der Waals surface area contributed by atoms with Crippen LogP contribution in [-0.2, 0) is 0 Å². The highest BCUT2D eigenvalue weighted by molar-refractivity contribution is 5.54. The summed E-state index contributed by atoms with van der Waals surface area (Å²) in [5.41, 5.74) is 1.74. The van der Waals surface area contributed by atoms with Gasteiger partial charge in [0.25, 0.3) is 0 Å². The van der Waals surface area contributed by atoms with Gasteiger partial charge in [-0.05, 0) is 65.2 Å². The van der Waals surface area contributed by atoms with Crippen molar-refractivity contribution in [3.63, 3.8) is 0 Å². The van der Waals surface area contributed by atoms with Gasteiger partial charge >= 0.3 is 0 Å². The Hall–Kier alpha value is -2.33. The van der Waals surface area contributed by atoms with Gasteiger partial charge in [-0.2, -0.15) is 15.8 Å². The van der Waals surface area contributed by atoms with Gasteiger partial charge < -0.3 is 10.2 Å². The number of nitrogens with one attached hydrogen (secondary N) is 2. The average Bonchev–Trinajstić information content (AvgIpc) is 3.08. The molecule has 1 atom stereocenters. The maximum Gasteiger partial charge on any atom is 0.133 e. The minimum Gasteiger partial charge on any atom is -0.358 e. The van der Waals surface area contributed by atoms with Crippen LogP contribution in [0.5, 0.6) is 0 Å². The van der Waals surface area contributed by atoms with Gasteiger partial charge in [-0.3, -0.25) is 5.32 Å². The molecule has 1 aliphatic heterocycles.